The van der Waals surface area contributed by atoms with Crippen LogP contribution in [0.2, 0.25) is 0 Å². The summed E-state index contributed by atoms with van der Waals surface area (Å²) < 4.78 is 16.2. The maximum atomic E-state index is 12.2. The number of benzene rings is 3. The smallest absolute Gasteiger partial charge is 0.193 e. The Bertz CT molecular complexity index is 1310. The van der Waals surface area contributed by atoms with Gasteiger partial charge in [0.05, 0.1) is 19.6 Å². The van der Waals surface area contributed by atoms with E-state index in [1.54, 1.807) is 44.6 Å². The first-order valence-electron chi connectivity index (χ1n) is 11.7. The van der Waals surface area contributed by atoms with Crippen LogP contribution in [-0.4, -0.2) is 24.4 Å². The molecule has 4 rings (SSSR count). The Morgan fingerprint density at radius 3 is 2.31 bits per heavy atom. The van der Waals surface area contributed by atoms with Gasteiger partial charge in [0.25, 0.3) is 0 Å². The molecule has 0 bridgehead atoms. The number of fused-ring (bicyclic) bond motifs is 1. The van der Waals surface area contributed by atoms with E-state index in [1.807, 2.05) is 24.3 Å². The molecule has 0 fully saturated rings. The summed E-state index contributed by atoms with van der Waals surface area (Å²) in [6.07, 6.45) is 5.68. The summed E-state index contributed by atoms with van der Waals surface area (Å²) in [5, 5.41) is 19.1. The lowest BCUT2D eigenvalue weighted by molar-refractivity contribution is 0.414. The summed E-state index contributed by atoms with van der Waals surface area (Å²) in [5.74, 6) is 2.19. The number of aryl methyl sites for hydroxylation is 1. The molecule has 1 heterocycles. The quantitative estimate of drug-likeness (QED) is 0.275. The van der Waals surface area contributed by atoms with Crippen LogP contribution in [0, 0.1) is 0 Å². The minimum atomic E-state index is -0.0864. The first-order valence-corrected chi connectivity index (χ1v) is 11.7. The van der Waals surface area contributed by atoms with Gasteiger partial charge in [-0.2, -0.15) is 0 Å². The van der Waals surface area contributed by atoms with Crippen molar-refractivity contribution < 1.29 is 24.1 Å². The number of ether oxygens (including phenoxy) is 2. The second-order valence-corrected chi connectivity index (χ2v) is 8.19. The Labute approximate surface area is 205 Å². The number of hydrogen-bond acceptors (Lipinski definition) is 6. The summed E-state index contributed by atoms with van der Waals surface area (Å²) in [6.45, 7) is 2.18. The van der Waals surface area contributed by atoms with Crippen LogP contribution in [-0.2, 0) is 6.42 Å². The van der Waals surface area contributed by atoms with E-state index in [4.69, 9.17) is 19.0 Å². The highest BCUT2D eigenvalue weighted by Crippen LogP contribution is 2.27. The van der Waals surface area contributed by atoms with Crippen molar-refractivity contribution in [1.82, 2.24) is 0 Å². The van der Waals surface area contributed by atoms with Gasteiger partial charge in [-0.05, 0) is 48.7 Å². The Balaban J connectivity index is 0.000000214. The fourth-order valence-electron chi connectivity index (χ4n) is 3.69. The predicted molar refractivity (Wildman–Crippen MR) is 139 cm³/mol. The van der Waals surface area contributed by atoms with E-state index in [9.17, 15) is 9.90 Å². The normalized spacial score (nSPS) is 10.5. The molecule has 0 spiro atoms. The Morgan fingerprint density at radius 2 is 1.60 bits per heavy atom. The number of aromatic hydroxyl groups is 2. The molecule has 0 aliphatic carbocycles. The van der Waals surface area contributed by atoms with Crippen LogP contribution in [0.4, 0.5) is 0 Å². The largest absolute Gasteiger partial charge is 0.508 e. The fourth-order valence-corrected chi connectivity index (χ4v) is 3.69. The molecule has 4 aromatic rings. The van der Waals surface area contributed by atoms with Gasteiger partial charge in [0, 0.05) is 23.8 Å². The summed E-state index contributed by atoms with van der Waals surface area (Å²) in [4.78, 5) is 12.2. The molecule has 0 aliphatic rings. The van der Waals surface area contributed by atoms with Crippen molar-refractivity contribution in [3.8, 4) is 34.3 Å². The summed E-state index contributed by atoms with van der Waals surface area (Å²) in [5.41, 5.74) is 2.13. The molecule has 0 atom stereocenters. The lowest BCUT2D eigenvalue weighted by Gasteiger charge is -2.06. The molecule has 0 unspecified atom stereocenters. The SMILES string of the molecule is CCCCCCc1ccc(O)cc1O.COc1cccc(-c2cc(=O)c3ccc(OC)cc3o2)c1. The molecule has 3 aromatic carbocycles. The number of hydrogen-bond donors (Lipinski definition) is 2. The van der Waals surface area contributed by atoms with E-state index in [-0.39, 0.29) is 16.9 Å². The third kappa shape index (κ3) is 7.03. The van der Waals surface area contributed by atoms with Gasteiger partial charge in [0.1, 0.15) is 34.3 Å². The van der Waals surface area contributed by atoms with Crippen LogP contribution in [0.3, 0.4) is 0 Å². The number of phenolic OH excluding ortho intramolecular Hbond substituents is 2. The van der Waals surface area contributed by atoms with Crippen molar-refractivity contribution in [1.29, 1.82) is 0 Å². The molecule has 0 aliphatic heterocycles. The number of rotatable bonds is 8. The van der Waals surface area contributed by atoms with E-state index < -0.39 is 0 Å². The van der Waals surface area contributed by atoms with E-state index in [0.717, 1.165) is 24.0 Å². The van der Waals surface area contributed by atoms with Gasteiger partial charge >= 0.3 is 0 Å². The first-order chi connectivity index (χ1) is 16.9. The highest BCUT2D eigenvalue weighted by Gasteiger charge is 2.09. The van der Waals surface area contributed by atoms with Crippen LogP contribution in [0.25, 0.3) is 22.3 Å². The van der Waals surface area contributed by atoms with Crippen LogP contribution in [0.1, 0.15) is 38.2 Å². The molecule has 35 heavy (non-hydrogen) atoms. The van der Waals surface area contributed by atoms with Crippen molar-refractivity contribution in [3.05, 3.63) is 82.5 Å². The van der Waals surface area contributed by atoms with Gasteiger partial charge in [-0.1, -0.05) is 44.4 Å². The molecule has 6 heteroatoms. The fraction of sp³-hybridized carbons (Fsp3) is 0.276. The van der Waals surface area contributed by atoms with Crippen molar-refractivity contribution in [2.45, 2.75) is 39.0 Å². The molecule has 2 N–H and O–H groups in total. The molecular formula is C29H32O6. The van der Waals surface area contributed by atoms with Gasteiger partial charge in [0.15, 0.2) is 5.43 Å². The van der Waals surface area contributed by atoms with E-state index in [1.165, 1.54) is 31.4 Å². The monoisotopic (exact) mass is 476 g/mol. The highest BCUT2D eigenvalue weighted by molar-refractivity contribution is 5.80. The molecule has 6 nitrogen and oxygen atoms in total. The first kappa shape index (κ1) is 25.7. The highest BCUT2D eigenvalue weighted by atomic mass is 16.5. The van der Waals surface area contributed by atoms with Crippen molar-refractivity contribution in [2.75, 3.05) is 14.2 Å². The van der Waals surface area contributed by atoms with E-state index in [2.05, 4.69) is 6.92 Å². The van der Waals surface area contributed by atoms with Crippen molar-refractivity contribution in [2.24, 2.45) is 0 Å². The third-order valence-corrected chi connectivity index (χ3v) is 5.66. The van der Waals surface area contributed by atoms with Crippen LogP contribution >= 0.6 is 0 Å². The van der Waals surface area contributed by atoms with Crippen LogP contribution in [0.15, 0.2) is 75.9 Å². The second kappa shape index (κ2) is 12.5. The van der Waals surface area contributed by atoms with Crippen LogP contribution < -0.4 is 14.9 Å². The molecule has 1 aromatic heterocycles. The van der Waals surface area contributed by atoms with E-state index in [0.29, 0.717) is 28.2 Å². The topological polar surface area (TPSA) is 89.1 Å². The zero-order chi connectivity index (χ0) is 25.2. The Morgan fingerprint density at radius 1 is 0.829 bits per heavy atom. The minimum Gasteiger partial charge on any atom is -0.508 e. The zero-order valence-corrected chi connectivity index (χ0v) is 20.4. The second-order valence-electron chi connectivity index (χ2n) is 8.19. The lowest BCUT2D eigenvalue weighted by Crippen LogP contribution is -2.00. The summed E-state index contributed by atoms with van der Waals surface area (Å²) in [7, 11) is 3.17. The number of phenols is 2. The molecule has 0 saturated heterocycles. The van der Waals surface area contributed by atoms with E-state index >= 15 is 0 Å². The molecule has 0 saturated carbocycles. The zero-order valence-electron chi connectivity index (χ0n) is 20.4. The standard InChI is InChI=1S/C17H14O4.C12H18O2/c1-19-12-5-3-4-11(8-12)16-10-15(18)14-7-6-13(20-2)9-17(14)21-16;1-2-3-4-5-6-10-7-8-11(13)9-12(10)14/h3-10H,1-2H3;7-9,13-14H,2-6H2,1H3. The third-order valence-electron chi connectivity index (χ3n) is 5.66. The minimum absolute atomic E-state index is 0.0864. The maximum Gasteiger partial charge on any atom is 0.193 e. The molecule has 0 radical (unpaired) electrons. The summed E-state index contributed by atoms with van der Waals surface area (Å²) in [6, 6.07) is 18.8. The molecule has 0 amide bonds. The maximum absolute atomic E-state index is 12.2. The van der Waals surface area contributed by atoms with Gasteiger partial charge in [0.2, 0.25) is 0 Å². The molecule has 184 valence electrons. The van der Waals surface area contributed by atoms with Crippen LogP contribution in [0.5, 0.6) is 23.0 Å². The Hall–Kier alpha value is -3.93. The lowest BCUT2D eigenvalue weighted by atomic mass is 10.1. The number of methoxy groups -OCH3 is 2. The molecular weight excluding hydrogens is 444 g/mol. The number of unbranched alkanes of at least 4 members (excludes halogenated alkanes) is 3. The summed E-state index contributed by atoms with van der Waals surface area (Å²) >= 11 is 0. The average Bonchev–Trinajstić information content (AvgIpc) is 2.87. The van der Waals surface area contributed by atoms with Crippen molar-refractivity contribution in [3.63, 3.8) is 0 Å². The van der Waals surface area contributed by atoms with Gasteiger partial charge in [-0.15, -0.1) is 0 Å². The van der Waals surface area contributed by atoms with Crippen molar-refractivity contribution >= 4 is 11.0 Å². The van der Waals surface area contributed by atoms with Gasteiger partial charge < -0.3 is 24.1 Å². The van der Waals surface area contributed by atoms with Gasteiger partial charge in [-0.25, -0.2) is 0 Å². The Kier molecular flexibility index (Phi) is 9.18. The average molecular weight is 477 g/mol. The van der Waals surface area contributed by atoms with Gasteiger partial charge in [-0.3, -0.25) is 4.79 Å². The predicted octanol–water partition coefficient (Wildman–Crippen LogP) is 6.70.